The van der Waals surface area contributed by atoms with Crippen molar-refractivity contribution < 1.29 is 8.42 Å². The molecule has 0 aliphatic carbocycles. The minimum atomic E-state index is -2.91. The molecule has 1 rings (SSSR count). The van der Waals surface area contributed by atoms with Gasteiger partial charge >= 0.3 is 0 Å². The molecule has 0 aliphatic rings. The second-order valence-corrected chi connectivity index (χ2v) is 6.68. The highest BCUT2D eigenvalue weighted by Gasteiger charge is 2.09. The Balaban J connectivity index is 2.52. The van der Waals surface area contributed by atoms with Crippen molar-refractivity contribution in [1.29, 1.82) is 0 Å². The average molecular weight is 259 g/mol. The standard InChI is InChI=1S/C11H21N3O2S/c1-3-10(12)7-11-8-14(9-13-11)5-6-17(15,16)4-2/h8-10H,3-7,12H2,1-2H3. The number of hydrogen-bond acceptors (Lipinski definition) is 4. The highest BCUT2D eigenvalue weighted by molar-refractivity contribution is 7.91. The molecule has 98 valence electrons. The van der Waals surface area contributed by atoms with Gasteiger partial charge in [-0.3, -0.25) is 0 Å². The van der Waals surface area contributed by atoms with Crippen molar-refractivity contribution in [3.63, 3.8) is 0 Å². The summed E-state index contributed by atoms with van der Waals surface area (Å²) in [5.74, 6) is 0.356. The maximum Gasteiger partial charge on any atom is 0.151 e. The fraction of sp³-hybridized carbons (Fsp3) is 0.727. The van der Waals surface area contributed by atoms with Crippen molar-refractivity contribution in [1.82, 2.24) is 9.55 Å². The Kier molecular flexibility index (Phi) is 5.14. The number of imidazole rings is 1. The van der Waals surface area contributed by atoms with Gasteiger partial charge in [-0.05, 0) is 6.42 Å². The van der Waals surface area contributed by atoms with E-state index in [4.69, 9.17) is 5.73 Å². The monoisotopic (exact) mass is 259 g/mol. The zero-order chi connectivity index (χ0) is 12.9. The number of aromatic nitrogens is 2. The summed E-state index contributed by atoms with van der Waals surface area (Å²) in [6.07, 6.45) is 5.20. The van der Waals surface area contributed by atoms with Crippen molar-refractivity contribution in [2.45, 2.75) is 39.3 Å². The second kappa shape index (κ2) is 6.16. The van der Waals surface area contributed by atoms with Crippen LogP contribution in [0, 0.1) is 0 Å². The predicted molar refractivity (Wildman–Crippen MR) is 68.5 cm³/mol. The average Bonchev–Trinajstić information content (AvgIpc) is 2.74. The van der Waals surface area contributed by atoms with Crippen LogP contribution in [0.4, 0.5) is 0 Å². The maximum absolute atomic E-state index is 11.3. The summed E-state index contributed by atoms with van der Waals surface area (Å²) in [6, 6.07) is 0.123. The lowest BCUT2D eigenvalue weighted by Crippen LogP contribution is -2.21. The van der Waals surface area contributed by atoms with Crippen LogP contribution in [-0.4, -0.2) is 35.5 Å². The molecule has 0 aliphatic heterocycles. The van der Waals surface area contributed by atoms with E-state index in [9.17, 15) is 8.42 Å². The Morgan fingerprint density at radius 1 is 1.47 bits per heavy atom. The highest BCUT2D eigenvalue weighted by Crippen LogP contribution is 2.02. The van der Waals surface area contributed by atoms with Crippen LogP contribution in [0.1, 0.15) is 26.0 Å². The van der Waals surface area contributed by atoms with Gasteiger partial charge < -0.3 is 10.3 Å². The first-order valence-electron chi connectivity index (χ1n) is 5.93. The number of rotatable bonds is 7. The summed E-state index contributed by atoms with van der Waals surface area (Å²) in [6.45, 7) is 4.16. The molecule has 0 fully saturated rings. The van der Waals surface area contributed by atoms with Gasteiger partial charge in [0.05, 0.1) is 17.8 Å². The van der Waals surface area contributed by atoms with Crippen LogP contribution in [-0.2, 0) is 22.8 Å². The molecule has 0 spiro atoms. The highest BCUT2D eigenvalue weighted by atomic mass is 32.2. The fourth-order valence-electron chi connectivity index (χ4n) is 1.44. The molecule has 17 heavy (non-hydrogen) atoms. The smallest absolute Gasteiger partial charge is 0.151 e. The van der Waals surface area contributed by atoms with Gasteiger partial charge in [-0.15, -0.1) is 0 Å². The van der Waals surface area contributed by atoms with Crippen molar-refractivity contribution in [2.24, 2.45) is 5.73 Å². The number of hydrogen-bond donors (Lipinski definition) is 1. The van der Waals surface area contributed by atoms with Crippen LogP contribution in [0.15, 0.2) is 12.5 Å². The van der Waals surface area contributed by atoms with E-state index in [0.29, 0.717) is 6.54 Å². The Bertz CT molecular complexity index is 439. The van der Waals surface area contributed by atoms with Crippen LogP contribution < -0.4 is 5.73 Å². The summed E-state index contributed by atoms with van der Waals surface area (Å²) in [4.78, 5) is 4.22. The van der Waals surface area contributed by atoms with E-state index in [0.717, 1.165) is 18.5 Å². The molecule has 1 aromatic rings. The molecule has 1 unspecified atom stereocenters. The van der Waals surface area contributed by atoms with Gasteiger partial charge in [0.2, 0.25) is 0 Å². The van der Waals surface area contributed by atoms with Gasteiger partial charge in [0.15, 0.2) is 9.84 Å². The van der Waals surface area contributed by atoms with Gasteiger partial charge in [-0.25, -0.2) is 13.4 Å². The molecular formula is C11H21N3O2S. The molecule has 1 heterocycles. The normalized spacial score (nSPS) is 13.8. The quantitative estimate of drug-likeness (QED) is 0.777. The summed E-state index contributed by atoms with van der Waals surface area (Å²) in [5.41, 5.74) is 6.76. The van der Waals surface area contributed by atoms with E-state index in [-0.39, 0.29) is 17.5 Å². The van der Waals surface area contributed by atoms with Crippen molar-refractivity contribution in [3.8, 4) is 0 Å². The van der Waals surface area contributed by atoms with E-state index in [2.05, 4.69) is 4.98 Å². The van der Waals surface area contributed by atoms with Crippen molar-refractivity contribution >= 4 is 9.84 Å². The van der Waals surface area contributed by atoms with E-state index in [1.54, 1.807) is 13.3 Å². The third-order valence-electron chi connectivity index (χ3n) is 2.78. The first kappa shape index (κ1) is 14.2. The lowest BCUT2D eigenvalue weighted by molar-refractivity contribution is 0.589. The van der Waals surface area contributed by atoms with Crippen LogP contribution >= 0.6 is 0 Å². The zero-order valence-corrected chi connectivity index (χ0v) is 11.3. The van der Waals surface area contributed by atoms with Gasteiger partial charge in [0, 0.05) is 31.0 Å². The van der Waals surface area contributed by atoms with E-state index in [1.807, 2.05) is 17.7 Å². The summed E-state index contributed by atoms with van der Waals surface area (Å²) < 4.78 is 24.5. The van der Waals surface area contributed by atoms with E-state index in [1.165, 1.54) is 0 Å². The molecule has 1 aromatic heterocycles. The van der Waals surface area contributed by atoms with Gasteiger partial charge in [0.1, 0.15) is 0 Å². The Morgan fingerprint density at radius 2 is 2.18 bits per heavy atom. The van der Waals surface area contributed by atoms with Gasteiger partial charge in [-0.1, -0.05) is 13.8 Å². The van der Waals surface area contributed by atoms with Crippen molar-refractivity contribution in [3.05, 3.63) is 18.2 Å². The van der Waals surface area contributed by atoms with Gasteiger partial charge in [0.25, 0.3) is 0 Å². The second-order valence-electron chi connectivity index (χ2n) is 4.21. The zero-order valence-electron chi connectivity index (χ0n) is 10.5. The van der Waals surface area contributed by atoms with Crippen LogP contribution in [0.3, 0.4) is 0 Å². The molecule has 1 atom stereocenters. The molecule has 6 heteroatoms. The molecule has 2 N–H and O–H groups in total. The minimum absolute atomic E-state index is 0.123. The van der Waals surface area contributed by atoms with Crippen molar-refractivity contribution in [2.75, 3.05) is 11.5 Å². The first-order chi connectivity index (χ1) is 7.96. The molecule has 0 amide bonds. The third kappa shape index (κ3) is 4.87. The predicted octanol–water partition coefficient (Wildman–Crippen LogP) is 0.598. The Hall–Kier alpha value is -0.880. The van der Waals surface area contributed by atoms with E-state index >= 15 is 0 Å². The van der Waals surface area contributed by atoms with Crippen LogP contribution in [0.5, 0.6) is 0 Å². The lowest BCUT2D eigenvalue weighted by atomic mass is 10.1. The number of nitrogens with zero attached hydrogens (tertiary/aromatic N) is 2. The summed E-state index contributed by atoms with van der Waals surface area (Å²) in [7, 11) is -2.91. The maximum atomic E-state index is 11.3. The largest absolute Gasteiger partial charge is 0.336 e. The van der Waals surface area contributed by atoms with E-state index < -0.39 is 9.84 Å². The number of sulfone groups is 1. The molecular weight excluding hydrogens is 238 g/mol. The summed E-state index contributed by atoms with van der Waals surface area (Å²) in [5, 5.41) is 0. The SMILES string of the molecule is CCC(N)Cc1cn(CCS(=O)(=O)CC)cn1. The molecule has 0 bridgehead atoms. The Labute approximate surface area is 103 Å². The van der Waals surface area contributed by atoms with Crippen LogP contribution in [0.25, 0.3) is 0 Å². The lowest BCUT2D eigenvalue weighted by Gasteiger charge is -2.05. The van der Waals surface area contributed by atoms with Gasteiger partial charge in [-0.2, -0.15) is 0 Å². The number of aryl methyl sites for hydroxylation is 1. The third-order valence-corrected chi connectivity index (χ3v) is 4.47. The summed E-state index contributed by atoms with van der Waals surface area (Å²) >= 11 is 0. The topological polar surface area (TPSA) is 78.0 Å². The fourth-order valence-corrected chi connectivity index (χ4v) is 2.21. The molecule has 0 saturated carbocycles. The molecule has 0 aromatic carbocycles. The molecule has 0 saturated heterocycles. The molecule has 0 radical (unpaired) electrons. The minimum Gasteiger partial charge on any atom is -0.336 e. The Morgan fingerprint density at radius 3 is 2.76 bits per heavy atom. The molecule has 5 nitrogen and oxygen atoms in total. The van der Waals surface area contributed by atoms with Crippen LogP contribution in [0.2, 0.25) is 0 Å². The number of nitrogens with two attached hydrogens (primary N) is 1. The first-order valence-corrected chi connectivity index (χ1v) is 7.75.